The largest absolute Gasteiger partial charge is 0.382 e. The first kappa shape index (κ1) is 101. The van der Waals surface area contributed by atoms with E-state index < -0.39 is 10.8 Å². The van der Waals surface area contributed by atoms with Gasteiger partial charge in [-0.15, -0.1) is 20.5 Å². The first-order valence-corrected chi connectivity index (χ1v) is 47.4. The van der Waals surface area contributed by atoms with Crippen molar-refractivity contribution in [3.8, 4) is 11.9 Å². The predicted molar refractivity (Wildman–Crippen MR) is 492 cm³/mol. The first-order chi connectivity index (χ1) is 56.6. The number of nitrogens with zero attached hydrogens (tertiary/aromatic N) is 15. The number of hydrogen-bond acceptors (Lipinski definition) is 15. The Morgan fingerprint density at radius 3 is 0.788 bits per heavy atom. The van der Waals surface area contributed by atoms with Crippen molar-refractivity contribution in [2.24, 2.45) is 67.8 Å². The fourth-order valence-corrected chi connectivity index (χ4v) is 16.4. The van der Waals surface area contributed by atoms with Crippen LogP contribution in [0.2, 0.25) is 0 Å². The van der Waals surface area contributed by atoms with E-state index in [0.717, 1.165) is 205 Å². The Hall–Kier alpha value is -7.45. The molecule has 0 saturated carbocycles. The Morgan fingerprint density at radius 1 is 0.347 bits per heavy atom. The minimum absolute atomic E-state index is 0.0364. The number of nitrogens with two attached hydrogens (primary N) is 2. The lowest BCUT2D eigenvalue weighted by Crippen LogP contribution is -2.39. The highest BCUT2D eigenvalue weighted by Gasteiger charge is 2.35. The predicted octanol–water partition coefficient (Wildman–Crippen LogP) is 26.3. The fraction of sp³-hybridized carbons (Fsp3) is 0.742. The van der Waals surface area contributed by atoms with Gasteiger partial charge in [-0.05, 0) is 135 Å². The zero-order valence-corrected chi connectivity index (χ0v) is 78.4. The van der Waals surface area contributed by atoms with E-state index in [-0.39, 0.29) is 69.9 Å². The Balaban J connectivity index is 1.80. The molecule has 0 spiro atoms. The van der Waals surface area contributed by atoms with Gasteiger partial charge in [0.2, 0.25) is 0 Å². The van der Waals surface area contributed by atoms with Crippen LogP contribution in [-0.2, 0) is 10.8 Å². The van der Waals surface area contributed by atoms with Crippen LogP contribution in [0.25, 0.3) is 11.9 Å². The summed E-state index contributed by atoms with van der Waals surface area (Å²) in [4.78, 5) is 85.3. The monoisotopic (exact) mass is 1630 g/mol. The zero-order valence-electron chi connectivity index (χ0n) is 78.4. The van der Waals surface area contributed by atoms with Gasteiger partial charge >= 0.3 is 0 Å². The Kier molecular flexibility index (Phi) is 45.1. The highest BCUT2D eigenvalue weighted by molar-refractivity contribution is 6.03. The normalized spacial score (nSPS) is 14.2. The number of carbonyl (C=O) groups excluding carboxylic acids is 4. The minimum Gasteiger partial charge on any atom is -0.382 e. The standard InChI is InChI=1S/C97H165N17O4/c1-23-39-47-70(31-9)61-109(62-71(32-10)48-40-24-2)90(115)78-55-57-80(92(117)111(65-74(35-13)51-43-27-5)66-75(36-14)52-44-28-6)82(59-78)103-105-84-86(96(17,18)19)107-113(88(84)98)94-100-69-101-95(102-94)114-89(99)85(87(108-114)97(20,21)22)106-104-83-60-79(91(116)110(63-72(33-11)49-41-25-3)64-73(34-12)50-42-26-4)56-58-81(83)93(118)112(67-76(37-15)53-45-29-7)68-77(38-16)54-46-30-8/h55-60,69-77H,23-54,61-68,98-99H2,1-22H3/b105-103+,106-104+. The highest BCUT2D eigenvalue weighted by atomic mass is 16.2. The van der Waals surface area contributed by atoms with Crippen LogP contribution in [0.4, 0.5) is 34.4 Å². The number of carbonyl (C=O) groups is 4. The maximum absolute atomic E-state index is 15.8. The number of aromatic nitrogens is 7. The molecule has 2 aromatic carbocycles. The molecule has 0 radical (unpaired) electrons. The van der Waals surface area contributed by atoms with Crippen LogP contribution in [0.1, 0.15) is 411 Å². The number of rotatable bonds is 58. The molecule has 4 N–H and O–H groups in total. The van der Waals surface area contributed by atoms with E-state index in [2.05, 4.69) is 140 Å². The molecule has 8 unspecified atom stereocenters. The molecule has 3 heterocycles. The van der Waals surface area contributed by atoms with Gasteiger partial charge in [-0.3, -0.25) is 19.2 Å². The maximum Gasteiger partial charge on any atom is 0.257 e. The van der Waals surface area contributed by atoms with E-state index in [9.17, 15) is 0 Å². The van der Waals surface area contributed by atoms with Gasteiger partial charge in [0.1, 0.15) is 6.33 Å². The summed E-state index contributed by atoms with van der Waals surface area (Å²) in [5, 5.41) is 30.5. The number of anilines is 2. The van der Waals surface area contributed by atoms with Crippen molar-refractivity contribution in [3.63, 3.8) is 0 Å². The van der Waals surface area contributed by atoms with Crippen LogP contribution in [0.15, 0.2) is 63.2 Å². The van der Waals surface area contributed by atoms with Gasteiger partial charge in [0, 0.05) is 74.3 Å². The van der Waals surface area contributed by atoms with E-state index in [1.165, 1.54) is 15.7 Å². The van der Waals surface area contributed by atoms with E-state index >= 15 is 19.2 Å². The average molecular weight is 1630 g/mol. The maximum atomic E-state index is 15.8. The number of hydrogen-bond donors (Lipinski definition) is 2. The molecule has 0 aliphatic rings. The molecule has 0 saturated heterocycles. The summed E-state index contributed by atoms with van der Waals surface area (Å²) in [5.74, 6) is 2.37. The third-order valence-electron chi connectivity index (χ3n) is 24.9. The molecule has 8 atom stereocenters. The first-order valence-electron chi connectivity index (χ1n) is 47.4. The van der Waals surface area contributed by atoms with Crippen LogP contribution in [0, 0.1) is 47.3 Å². The summed E-state index contributed by atoms with van der Waals surface area (Å²) < 4.78 is 2.84. The number of benzene rings is 2. The van der Waals surface area contributed by atoms with Gasteiger partial charge in [0.25, 0.3) is 35.5 Å². The summed E-state index contributed by atoms with van der Waals surface area (Å²) in [7, 11) is 0. The molecular weight excluding hydrogens is 1470 g/mol. The molecule has 0 bridgehead atoms. The third-order valence-corrected chi connectivity index (χ3v) is 24.9. The molecule has 118 heavy (non-hydrogen) atoms. The highest BCUT2D eigenvalue weighted by Crippen LogP contribution is 2.42. The second kappa shape index (κ2) is 52.7. The Labute approximate surface area is 716 Å². The molecule has 0 aliphatic heterocycles. The van der Waals surface area contributed by atoms with Crippen LogP contribution < -0.4 is 11.5 Å². The van der Waals surface area contributed by atoms with Gasteiger partial charge in [-0.2, -0.15) is 34.5 Å². The summed E-state index contributed by atoms with van der Waals surface area (Å²) in [6, 6.07) is 10.8. The van der Waals surface area contributed by atoms with Crippen molar-refractivity contribution in [1.29, 1.82) is 0 Å². The summed E-state index contributed by atoms with van der Waals surface area (Å²) in [6.45, 7) is 52.7. The van der Waals surface area contributed by atoms with Gasteiger partial charge in [-0.1, -0.05) is 306 Å². The van der Waals surface area contributed by atoms with E-state index in [0.29, 0.717) is 133 Å². The zero-order chi connectivity index (χ0) is 87.1. The lowest BCUT2D eigenvalue weighted by atomic mass is 9.91. The Morgan fingerprint density at radius 2 is 0.576 bits per heavy atom. The third kappa shape index (κ3) is 30.6. The van der Waals surface area contributed by atoms with Crippen LogP contribution >= 0.6 is 0 Å². The minimum atomic E-state index is -0.680. The smallest absolute Gasteiger partial charge is 0.257 e. The number of amides is 4. The van der Waals surface area contributed by atoms with Gasteiger partial charge in [-0.25, -0.2) is 0 Å². The van der Waals surface area contributed by atoms with Crippen molar-refractivity contribution in [2.45, 2.75) is 369 Å². The van der Waals surface area contributed by atoms with Crippen molar-refractivity contribution in [3.05, 3.63) is 76.4 Å². The van der Waals surface area contributed by atoms with Crippen molar-refractivity contribution in [1.82, 2.24) is 54.1 Å². The molecule has 21 heteroatoms. The van der Waals surface area contributed by atoms with E-state index in [4.69, 9.17) is 47.1 Å². The number of nitrogen functional groups attached to an aromatic ring is 2. The average Bonchev–Trinajstić information content (AvgIpc) is 1.61. The Bertz CT molecular complexity index is 3510. The van der Waals surface area contributed by atoms with Gasteiger partial charge in [0.05, 0.1) is 33.9 Å². The molecular formula is C97H165N17O4. The summed E-state index contributed by atoms with van der Waals surface area (Å²) in [6.07, 6.45) is 34.6. The molecule has 5 aromatic rings. The van der Waals surface area contributed by atoms with Crippen molar-refractivity contribution >= 4 is 58.0 Å². The summed E-state index contributed by atoms with van der Waals surface area (Å²) in [5.41, 5.74) is 16.9. The molecule has 3 aromatic heterocycles. The van der Waals surface area contributed by atoms with Gasteiger partial charge < -0.3 is 31.1 Å². The quantitative estimate of drug-likeness (QED) is 0.0346. The second-order valence-corrected chi connectivity index (χ2v) is 36.6. The molecule has 662 valence electrons. The second-order valence-electron chi connectivity index (χ2n) is 36.6. The SMILES string of the molecule is CCCCC(CC)CN(CC(CC)CCCC)C(=O)c1ccc(C(=O)N(CC(CC)CCCC)CC(CC)CCCC)c(/N=N/c2c(C(C)(C)C)nn(-c3ncnc(-n4nc(C(C)(C)C)c(/N=N/c5cc(C(=O)N(CC(CC)CCCC)CC(CC)CCCC)ccc5C(=O)N(CC(CC)CCCC)CC(CC)CCCC)c4N)n3)c2N)c1. The van der Waals surface area contributed by atoms with E-state index in [1.54, 1.807) is 12.1 Å². The van der Waals surface area contributed by atoms with Crippen molar-refractivity contribution in [2.75, 3.05) is 63.8 Å². The van der Waals surface area contributed by atoms with Gasteiger partial charge in [0.15, 0.2) is 23.0 Å². The van der Waals surface area contributed by atoms with E-state index in [1.807, 2.05) is 65.8 Å². The lowest BCUT2D eigenvalue weighted by Gasteiger charge is -2.32. The molecule has 5 rings (SSSR count). The molecule has 0 aliphatic carbocycles. The van der Waals surface area contributed by atoms with Crippen molar-refractivity contribution < 1.29 is 19.2 Å². The fourth-order valence-electron chi connectivity index (χ4n) is 16.4. The molecule has 21 nitrogen and oxygen atoms in total. The van der Waals surface area contributed by atoms with Crippen LogP contribution in [0.3, 0.4) is 0 Å². The molecule has 4 amide bonds. The number of unbranched alkanes of at least 4 members (excludes halogenated alkanes) is 8. The van der Waals surface area contributed by atoms with Crippen LogP contribution in [-0.4, -0.2) is 130 Å². The molecule has 0 fully saturated rings. The lowest BCUT2D eigenvalue weighted by molar-refractivity contribution is 0.0674. The van der Waals surface area contributed by atoms with Crippen LogP contribution in [0.5, 0.6) is 0 Å². The number of azo groups is 2. The summed E-state index contributed by atoms with van der Waals surface area (Å²) >= 11 is 0. The topological polar surface area (TPSA) is 257 Å².